The summed E-state index contributed by atoms with van der Waals surface area (Å²) in [7, 11) is 0. The van der Waals surface area contributed by atoms with Crippen LogP contribution in [0.2, 0.25) is 0 Å². The first-order valence-electron chi connectivity index (χ1n) is 6.97. The molecule has 2 heterocycles. The maximum absolute atomic E-state index is 4.47. The van der Waals surface area contributed by atoms with Gasteiger partial charge < -0.3 is 5.32 Å². The summed E-state index contributed by atoms with van der Waals surface area (Å²) in [6, 6.07) is 2.00. The Labute approximate surface area is 120 Å². The molecular formula is C15H23N5. The minimum absolute atomic E-state index is 0.0901. The maximum Gasteiger partial charge on any atom is 0.250 e. The van der Waals surface area contributed by atoms with Crippen LogP contribution in [0.1, 0.15) is 51.8 Å². The molecule has 0 bridgehead atoms. The summed E-state index contributed by atoms with van der Waals surface area (Å²) in [5.74, 6) is 1.02. The Morgan fingerprint density at radius 2 is 1.85 bits per heavy atom. The fraction of sp³-hybridized carbons (Fsp3) is 0.533. The van der Waals surface area contributed by atoms with Gasteiger partial charge in [-0.2, -0.15) is 5.10 Å². The minimum atomic E-state index is 0.0901. The van der Waals surface area contributed by atoms with Gasteiger partial charge in [-0.15, -0.1) is 0 Å². The number of aromatic nitrogens is 4. The standard InChI is InChI=1S/C15H23N5/c1-11(2)13-6-7-20(19-13)14-16-8-12(9-17-14)10-18-15(3,4)5/h6-9,11,18H,10H2,1-5H3. The van der Waals surface area contributed by atoms with Gasteiger partial charge in [0.25, 0.3) is 0 Å². The molecule has 0 atom stereocenters. The van der Waals surface area contributed by atoms with Crippen molar-refractivity contribution in [3.8, 4) is 5.95 Å². The molecule has 20 heavy (non-hydrogen) atoms. The van der Waals surface area contributed by atoms with Gasteiger partial charge in [0.05, 0.1) is 5.69 Å². The van der Waals surface area contributed by atoms with Crippen LogP contribution < -0.4 is 5.32 Å². The summed E-state index contributed by atoms with van der Waals surface area (Å²) in [5.41, 5.74) is 2.21. The molecule has 0 amide bonds. The summed E-state index contributed by atoms with van der Waals surface area (Å²) >= 11 is 0. The number of hydrogen-bond donors (Lipinski definition) is 1. The van der Waals surface area contributed by atoms with Crippen LogP contribution in [0.4, 0.5) is 0 Å². The third-order valence-electron chi connectivity index (χ3n) is 2.92. The van der Waals surface area contributed by atoms with Gasteiger partial charge in [-0.05, 0) is 32.8 Å². The third-order valence-corrected chi connectivity index (χ3v) is 2.92. The Balaban J connectivity index is 2.07. The SMILES string of the molecule is CC(C)c1ccn(-c2ncc(CNC(C)(C)C)cn2)n1. The van der Waals surface area contributed by atoms with Crippen molar-refractivity contribution in [2.45, 2.75) is 52.6 Å². The number of rotatable bonds is 4. The van der Waals surface area contributed by atoms with E-state index in [9.17, 15) is 0 Å². The molecule has 2 aromatic rings. The number of nitrogens with one attached hydrogen (secondary N) is 1. The smallest absolute Gasteiger partial charge is 0.250 e. The zero-order valence-electron chi connectivity index (χ0n) is 12.9. The molecule has 0 spiro atoms. The lowest BCUT2D eigenvalue weighted by Crippen LogP contribution is -2.35. The van der Waals surface area contributed by atoms with Gasteiger partial charge >= 0.3 is 0 Å². The molecular weight excluding hydrogens is 250 g/mol. The van der Waals surface area contributed by atoms with Crippen molar-refractivity contribution in [3.05, 3.63) is 35.9 Å². The summed E-state index contributed by atoms with van der Waals surface area (Å²) in [6.45, 7) is 11.4. The summed E-state index contributed by atoms with van der Waals surface area (Å²) in [4.78, 5) is 8.74. The van der Waals surface area contributed by atoms with E-state index in [0.717, 1.165) is 17.8 Å². The van der Waals surface area contributed by atoms with Gasteiger partial charge in [0.1, 0.15) is 0 Å². The topological polar surface area (TPSA) is 55.6 Å². The second-order valence-corrected chi connectivity index (χ2v) is 6.33. The average Bonchev–Trinajstić information content (AvgIpc) is 2.86. The van der Waals surface area contributed by atoms with Crippen LogP contribution in [-0.2, 0) is 6.54 Å². The van der Waals surface area contributed by atoms with Crippen LogP contribution in [0.5, 0.6) is 0 Å². The second-order valence-electron chi connectivity index (χ2n) is 6.33. The van der Waals surface area contributed by atoms with E-state index >= 15 is 0 Å². The quantitative estimate of drug-likeness (QED) is 0.930. The molecule has 5 nitrogen and oxygen atoms in total. The van der Waals surface area contributed by atoms with Gasteiger partial charge in [-0.25, -0.2) is 14.6 Å². The Morgan fingerprint density at radius 3 is 2.35 bits per heavy atom. The van der Waals surface area contributed by atoms with Crippen molar-refractivity contribution in [2.75, 3.05) is 0 Å². The van der Waals surface area contributed by atoms with Gasteiger partial charge in [0.2, 0.25) is 5.95 Å². The molecule has 0 unspecified atom stereocenters. The molecule has 0 aliphatic heterocycles. The summed E-state index contributed by atoms with van der Waals surface area (Å²) in [5, 5.41) is 7.88. The predicted molar refractivity (Wildman–Crippen MR) is 79.8 cm³/mol. The molecule has 0 saturated carbocycles. The lowest BCUT2D eigenvalue weighted by molar-refractivity contribution is 0.423. The first-order chi connectivity index (χ1) is 9.35. The van der Waals surface area contributed by atoms with Crippen molar-refractivity contribution in [3.63, 3.8) is 0 Å². The highest BCUT2D eigenvalue weighted by Gasteiger charge is 2.09. The third kappa shape index (κ3) is 3.87. The molecule has 0 radical (unpaired) electrons. The molecule has 0 aliphatic carbocycles. The summed E-state index contributed by atoms with van der Waals surface area (Å²) < 4.78 is 1.72. The predicted octanol–water partition coefficient (Wildman–Crippen LogP) is 2.67. The maximum atomic E-state index is 4.47. The molecule has 0 aliphatic rings. The first kappa shape index (κ1) is 14.7. The van der Waals surface area contributed by atoms with Crippen molar-refractivity contribution in [2.24, 2.45) is 0 Å². The van der Waals surface area contributed by atoms with Crippen LogP contribution in [-0.4, -0.2) is 25.3 Å². The van der Waals surface area contributed by atoms with E-state index in [1.54, 1.807) is 4.68 Å². The first-order valence-corrected chi connectivity index (χ1v) is 6.97. The monoisotopic (exact) mass is 273 g/mol. The Bertz CT molecular complexity index is 548. The van der Waals surface area contributed by atoms with Crippen molar-refractivity contribution in [1.82, 2.24) is 25.1 Å². The zero-order chi connectivity index (χ0) is 14.8. The minimum Gasteiger partial charge on any atom is -0.308 e. The Morgan fingerprint density at radius 1 is 1.20 bits per heavy atom. The van der Waals surface area contributed by atoms with Crippen LogP contribution in [0.25, 0.3) is 5.95 Å². The molecule has 108 valence electrons. The van der Waals surface area contributed by atoms with Gasteiger partial charge in [0, 0.05) is 36.2 Å². The van der Waals surface area contributed by atoms with Gasteiger partial charge in [-0.3, -0.25) is 0 Å². The van der Waals surface area contributed by atoms with E-state index < -0.39 is 0 Å². The average molecular weight is 273 g/mol. The van der Waals surface area contributed by atoms with Crippen molar-refractivity contribution < 1.29 is 0 Å². The molecule has 2 rings (SSSR count). The number of hydrogen-bond acceptors (Lipinski definition) is 4. The van der Waals surface area contributed by atoms with E-state index in [1.165, 1.54) is 0 Å². The molecule has 5 heteroatoms. The molecule has 0 saturated heterocycles. The fourth-order valence-electron chi connectivity index (χ4n) is 1.68. The largest absolute Gasteiger partial charge is 0.308 e. The molecule has 0 aromatic carbocycles. The van der Waals surface area contributed by atoms with Gasteiger partial charge in [-0.1, -0.05) is 13.8 Å². The van der Waals surface area contributed by atoms with Crippen LogP contribution in [0.15, 0.2) is 24.7 Å². The Hall–Kier alpha value is -1.75. The number of nitrogens with zero attached hydrogens (tertiary/aromatic N) is 4. The fourth-order valence-corrected chi connectivity index (χ4v) is 1.68. The van der Waals surface area contributed by atoms with Crippen LogP contribution in [0.3, 0.4) is 0 Å². The lowest BCUT2D eigenvalue weighted by atomic mass is 10.1. The second kappa shape index (κ2) is 5.71. The normalized spacial score (nSPS) is 12.1. The molecule has 0 fully saturated rings. The van der Waals surface area contributed by atoms with E-state index in [4.69, 9.17) is 0 Å². The molecule has 2 aromatic heterocycles. The molecule has 1 N–H and O–H groups in total. The summed E-state index contributed by atoms with van der Waals surface area (Å²) in [6.07, 6.45) is 5.59. The van der Waals surface area contributed by atoms with E-state index in [0.29, 0.717) is 11.9 Å². The van der Waals surface area contributed by atoms with E-state index in [-0.39, 0.29) is 5.54 Å². The highest BCUT2D eigenvalue weighted by atomic mass is 15.3. The van der Waals surface area contributed by atoms with Crippen LogP contribution in [0, 0.1) is 0 Å². The van der Waals surface area contributed by atoms with Gasteiger partial charge in [0.15, 0.2) is 0 Å². The lowest BCUT2D eigenvalue weighted by Gasteiger charge is -2.20. The van der Waals surface area contributed by atoms with E-state index in [2.05, 4.69) is 55.0 Å². The van der Waals surface area contributed by atoms with Crippen molar-refractivity contribution in [1.29, 1.82) is 0 Å². The van der Waals surface area contributed by atoms with E-state index in [1.807, 2.05) is 24.7 Å². The van der Waals surface area contributed by atoms with Crippen LogP contribution >= 0.6 is 0 Å². The van der Waals surface area contributed by atoms with Crippen molar-refractivity contribution >= 4 is 0 Å². The highest BCUT2D eigenvalue weighted by molar-refractivity contribution is 5.16. The Kier molecular flexibility index (Phi) is 4.18. The highest BCUT2D eigenvalue weighted by Crippen LogP contribution is 2.12. The zero-order valence-corrected chi connectivity index (χ0v) is 12.9.